The first-order valence-corrected chi connectivity index (χ1v) is 4.02. The molecule has 0 aromatic carbocycles. The molecule has 0 saturated heterocycles. The second-order valence-corrected chi connectivity index (χ2v) is 3.59. The summed E-state index contributed by atoms with van der Waals surface area (Å²) in [5.74, 6) is 3.56. The van der Waals surface area contributed by atoms with E-state index >= 15 is 0 Å². The molecule has 1 aliphatic rings. The van der Waals surface area contributed by atoms with E-state index in [4.69, 9.17) is 0 Å². The van der Waals surface area contributed by atoms with E-state index in [2.05, 4.69) is 20.8 Å². The molecule has 2 atom stereocenters. The second-order valence-electron chi connectivity index (χ2n) is 3.59. The third-order valence-electron chi connectivity index (χ3n) is 2.60. The van der Waals surface area contributed by atoms with Crippen LogP contribution in [0.4, 0.5) is 0 Å². The molecule has 9 heavy (non-hydrogen) atoms. The van der Waals surface area contributed by atoms with E-state index in [1.54, 1.807) is 5.92 Å². The van der Waals surface area contributed by atoms with Crippen LogP contribution < -0.4 is 0 Å². The van der Waals surface area contributed by atoms with Gasteiger partial charge < -0.3 is 0 Å². The van der Waals surface area contributed by atoms with Crippen LogP contribution in [0.1, 0.15) is 40.0 Å². The summed E-state index contributed by atoms with van der Waals surface area (Å²) in [6.45, 7) is 6.92. The van der Waals surface area contributed by atoms with Crippen molar-refractivity contribution in [2.24, 2.45) is 11.8 Å². The summed E-state index contributed by atoms with van der Waals surface area (Å²) in [4.78, 5) is 0. The maximum Gasteiger partial charge on any atom is -0.0269 e. The molecule has 0 aromatic rings. The van der Waals surface area contributed by atoms with E-state index in [9.17, 15) is 0 Å². The van der Waals surface area contributed by atoms with Crippen LogP contribution in [0.15, 0.2) is 0 Å². The molecule has 0 aliphatic heterocycles. The Kier molecular flexibility index (Phi) is 2.15. The molecular formula is C9H17. The lowest BCUT2D eigenvalue weighted by molar-refractivity contribution is 0.436. The van der Waals surface area contributed by atoms with Gasteiger partial charge in [0.2, 0.25) is 0 Å². The highest BCUT2D eigenvalue weighted by atomic mass is 14.3. The second kappa shape index (κ2) is 2.72. The first-order valence-electron chi connectivity index (χ1n) is 4.02. The van der Waals surface area contributed by atoms with Crippen molar-refractivity contribution in [3.63, 3.8) is 0 Å². The minimum absolute atomic E-state index is 0.949. The topological polar surface area (TPSA) is 0 Å². The van der Waals surface area contributed by atoms with Gasteiger partial charge >= 0.3 is 0 Å². The Balaban J connectivity index is 2.40. The van der Waals surface area contributed by atoms with Crippen LogP contribution in [0, 0.1) is 17.8 Å². The quantitative estimate of drug-likeness (QED) is 0.505. The Morgan fingerprint density at radius 1 is 1.22 bits per heavy atom. The molecule has 1 fully saturated rings. The number of hydrogen-bond acceptors (Lipinski definition) is 0. The third-order valence-corrected chi connectivity index (χ3v) is 2.60. The van der Waals surface area contributed by atoms with Gasteiger partial charge in [0.05, 0.1) is 0 Å². The Morgan fingerprint density at radius 2 is 1.89 bits per heavy atom. The molecule has 0 amide bonds. The Hall–Kier alpha value is 0. The van der Waals surface area contributed by atoms with Crippen LogP contribution in [-0.4, -0.2) is 0 Å². The van der Waals surface area contributed by atoms with Gasteiger partial charge in [0, 0.05) is 0 Å². The van der Waals surface area contributed by atoms with Gasteiger partial charge in [-0.2, -0.15) is 0 Å². The van der Waals surface area contributed by atoms with Crippen LogP contribution in [0.5, 0.6) is 0 Å². The fourth-order valence-corrected chi connectivity index (χ4v) is 2.00. The molecule has 0 bridgehead atoms. The van der Waals surface area contributed by atoms with Crippen molar-refractivity contribution < 1.29 is 0 Å². The SMILES string of the molecule is C[C](C)C1CCCC1C. The Morgan fingerprint density at radius 3 is 2.11 bits per heavy atom. The van der Waals surface area contributed by atoms with Crippen molar-refractivity contribution in [2.45, 2.75) is 40.0 Å². The highest BCUT2D eigenvalue weighted by Gasteiger charge is 2.25. The van der Waals surface area contributed by atoms with Gasteiger partial charge in [-0.15, -0.1) is 0 Å². The highest BCUT2D eigenvalue weighted by molar-refractivity contribution is 4.92. The molecule has 0 N–H and O–H groups in total. The fraction of sp³-hybridized carbons (Fsp3) is 0.889. The average Bonchev–Trinajstić information content (AvgIpc) is 2.13. The summed E-state index contributed by atoms with van der Waals surface area (Å²) >= 11 is 0. The molecule has 0 nitrogen and oxygen atoms in total. The largest absolute Gasteiger partial charge is 0.0622 e. The maximum absolute atomic E-state index is 2.38. The van der Waals surface area contributed by atoms with E-state index in [0.29, 0.717) is 0 Å². The van der Waals surface area contributed by atoms with Crippen molar-refractivity contribution in [2.75, 3.05) is 0 Å². The first-order chi connectivity index (χ1) is 4.22. The van der Waals surface area contributed by atoms with Crippen LogP contribution in [-0.2, 0) is 0 Å². The lowest BCUT2D eigenvalue weighted by Crippen LogP contribution is -2.08. The zero-order chi connectivity index (χ0) is 6.85. The number of hydrogen-bond donors (Lipinski definition) is 0. The zero-order valence-electron chi connectivity index (χ0n) is 6.78. The summed E-state index contributed by atoms with van der Waals surface area (Å²) in [5.41, 5.74) is 0. The number of rotatable bonds is 1. The van der Waals surface area contributed by atoms with Gasteiger partial charge in [-0.05, 0) is 24.2 Å². The minimum atomic E-state index is 0.949. The monoisotopic (exact) mass is 125 g/mol. The first kappa shape index (κ1) is 7.11. The highest BCUT2D eigenvalue weighted by Crippen LogP contribution is 2.36. The van der Waals surface area contributed by atoms with Crippen molar-refractivity contribution >= 4 is 0 Å². The third kappa shape index (κ3) is 1.47. The molecule has 0 heterocycles. The smallest absolute Gasteiger partial charge is 0.0269 e. The van der Waals surface area contributed by atoms with Gasteiger partial charge in [-0.25, -0.2) is 0 Å². The Labute approximate surface area is 58.7 Å². The van der Waals surface area contributed by atoms with E-state index < -0.39 is 0 Å². The van der Waals surface area contributed by atoms with Gasteiger partial charge in [0.15, 0.2) is 0 Å². The van der Waals surface area contributed by atoms with E-state index in [0.717, 1.165) is 11.8 Å². The summed E-state index contributed by atoms with van der Waals surface area (Å²) in [5, 5.41) is 0. The van der Waals surface area contributed by atoms with Crippen LogP contribution >= 0.6 is 0 Å². The molecule has 0 heteroatoms. The Bertz CT molecular complexity index is 84.0. The summed E-state index contributed by atoms with van der Waals surface area (Å²) in [6.07, 6.45) is 4.36. The molecule has 1 saturated carbocycles. The molecule has 1 aliphatic carbocycles. The zero-order valence-corrected chi connectivity index (χ0v) is 6.78. The minimum Gasteiger partial charge on any atom is -0.0622 e. The van der Waals surface area contributed by atoms with Gasteiger partial charge in [0.25, 0.3) is 0 Å². The normalized spacial score (nSPS) is 36.0. The molecule has 2 unspecified atom stereocenters. The lowest BCUT2D eigenvalue weighted by atomic mass is 9.87. The fourth-order valence-electron chi connectivity index (χ4n) is 2.00. The van der Waals surface area contributed by atoms with Crippen LogP contribution in [0.3, 0.4) is 0 Å². The molecule has 53 valence electrons. The standard InChI is InChI=1S/C9H17/c1-7(2)9-6-4-5-8(9)3/h8-9H,4-6H2,1-3H3. The van der Waals surface area contributed by atoms with Crippen LogP contribution in [0.2, 0.25) is 0 Å². The summed E-state index contributed by atoms with van der Waals surface area (Å²) < 4.78 is 0. The predicted molar refractivity (Wildman–Crippen MR) is 41.1 cm³/mol. The molecule has 0 aromatic heterocycles. The van der Waals surface area contributed by atoms with E-state index in [1.165, 1.54) is 19.3 Å². The molecule has 1 radical (unpaired) electrons. The van der Waals surface area contributed by atoms with Crippen molar-refractivity contribution in [3.05, 3.63) is 5.92 Å². The van der Waals surface area contributed by atoms with Crippen molar-refractivity contribution in [3.8, 4) is 0 Å². The lowest BCUT2D eigenvalue weighted by Gasteiger charge is -2.18. The van der Waals surface area contributed by atoms with E-state index in [1.807, 2.05) is 0 Å². The van der Waals surface area contributed by atoms with Crippen molar-refractivity contribution in [1.29, 1.82) is 0 Å². The van der Waals surface area contributed by atoms with Crippen LogP contribution in [0.25, 0.3) is 0 Å². The average molecular weight is 125 g/mol. The van der Waals surface area contributed by atoms with Gasteiger partial charge in [0.1, 0.15) is 0 Å². The van der Waals surface area contributed by atoms with Gasteiger partial charge in [-0.1, -0.05) is 33.6 Å². The summed E-state index contributed by atoms with van der Waals surface area (Å²) in [6, 6.07) is 0. The molecule has 1 rings (SSSR count). The van der Waals surface area contributed by atoms with Crippen molar-refractivity contribution in [1.82, 2.24) is 0 Å². The molecule has 0 spiro atoms. The summed E-state index contributed by atoms with van der Waals surface area (Å²) in [7, 11) is 0. The van der Waals surface area contributed by atoms with E-state index in [-0.39, 0.29) is 0 Å². The maximum atomic E-state index is 2.38. The predicted octanol–water partition coefficient (Wildman–Crippen LogP) is 3.04. The van der Waals surface area contributed by atoms with Gasteiger partial charge in [-0.3, -0.25) is 0 Å². The molecular weight excluding hydrogens is 108 g/mol.